The monoisotopic (exact) mass is 349 g/mol. The number of rotatable bonds is 3. The zero-order valence-electron chi connectivity index (χ0n) is 9.48. The molecule has 2 aromatic carbocycles. The van der Waals surface area contributed by atoms with Gasteiger partial charge in [0.15, 0.2) is 17.5 Å². The Balaban J connectivity index is 2.19. The summed E-state index contributed by atoms with van der Waals surface area (Å²) in [4.78, 5) is 0. The van der Waals surface area contributed by atoms with Gasteiger partial charge in [0.2, 0.25) is 0 Å². The van der Waals surface area contributed by atoms with E-state index in [-0.39, 0.29) is 12.2 Å². The van der Waals surface area contributed by atoms with Crippen molar-refractivity contribution in [2.24, 2.45) is 0 Å². The van der Waals surface area contributed by atoms with Crippen molar-refractivity contribution in [3.8, 4) is 0 Å². The molecule has 0 atom stereocenters. The molecule has 0 radical (unpaired) electrons. The fourth-order valence-electron chi connectivity index (χ4n) is 1.53. The van der Waals surface area contributed by atoms with Crippen molar-refractivity contribution in [1.29, 1.82) is 0 Å². The summed E-state index contributed by atoms with van der Waals surface area (Å²) in [5.74, 6) is -3.96. The second kappa shape index (κ2) is 5.84. The summed E-state index contributed by atoms with van der Waals surface area (Å²) in [5, 5.41) is 3.18. The van der Waals surface area contributed by atoms with Crippen LogP contribution in [0.15, 0.2) is 34.8 Å². The Labute approximate surface area is 121 Å². The van der Waals surface area contributed by atoms with Gasteiger partial charge < -0.3 is 5.32 Å². The number of hydrogen-bond donors (Lipinski definition) is 1. The van der Waals surface area contributed by atoms with E-state index in [9.17, 15) is 13.2 Å². The summed E-state index contributed by atoms with van der Waals surface area (Å²) < 4.78 is 40.1. The van der Waals surface area contributed by atoms with E-state index in [2.05, 4.69) is 21.2 Å². The SMILES string of the molecule is Fc1ccc(NCc2cc(Br)ccc2Cl)c(F)c1F. The highest BCUT2D eigenvalue weighted by molar-refractivity contribution is 9.10. The maximum Gasteiger partial charge on any atom is 0.196 e. The van der Waals surface area contributed by atoms with Gasteiger partial charge in [-0.05, 0) is 35.9 Å². The number of anilines is 1. The average molecular weight is 351 g/mol. The Morgan fingerprint density at radius 3 is 2.53 bits per heavy atom. The van der Waals surface area contributed by atoms with Gasteiger partial charge in [-0.2, -0.15) is 0 Å². The van der Waals surface area contributed by atoms with Crippen LogP contribution in [0.4, 0.5) is 18.9 Å². The Kier molecular flexibility index (Phi) is 4.37. The van der Waals surface area contributed by atoms with E-state index in [4.69, 9.17) is 11.6 Å². The van der Waals surface area contributed by atoms with Crippen LogP contribution in [0.5, 0.6) is 0 Å². The summed E-state index contributed by atoms with van der Waals surface area (Å²) >= 11 is 9.26. The second-order valence-electron chi connectivity index (χ2n) is 3.81. The topological polar surface area (TPSA) is 12.0 Å². The van der Waals surface area contributed by atoms with Crippen molar-refractivity contribution in [2.45, 2.75) is 6.54 Å². The molecule has 0 aliphatic carbocycles. The summed E-state index contributed by atoms with van der Waals surface area (Å²) in [6, 6.07) is 7.21. The lowest BCUT2D eigenvalue weighted by Gasteiger charge is -2.10. The van der Waals surface area contributed by atoms with Crippen LogP contribution in [0.1, 0.15) is 5.56 Å². The van der Waals surface area contributed by atoms with Gasteiger partial charge in [0.1, 0.15) is 0 Å². The van der Waals surface area contributed by atoms with Gasteiger partial charge in [0.05, 0.1) is 5.69 Å². The third-order valence-electron chi connectivity index (χ3n) is 2.51. The first-order valence-electron chi connectivity index (χ1n) is 5.30. The lowest BCUT2D eigenvalue weighted by atomic mass is 10.2. The zero-order chi connectivity index (χ0) is 14.0. The molecular formula is C13H8BrClF3N. The molecule has 0 aromatic heterocycles. The minimum Gasteiger partial charge on any atom is -0.378 e. The average Bonchev–Trinajstić information content (AvgIpc) is 2.39. The molecule has 2 rings (SSSR count). The van der Waals surface area contributed by atoms with E-state index in [1.807, 2.05) is 0 Å². The van der Waals surface area contributed by atoms with Crippen LogP contribution in [-0.2, 0) is 6.54 Å². The minimum absolute atomic E-state index is 0.116. The highest BCUT2D eigenvalue weighted by atomic mass is 79.9. The smallest absolute Gasteiger partial charge is 0.196 e. The standard InChI is InChI=1S/C13H8BrClF3N/c14-8-1-2-9(15)7(5-8)6-19-11-4-3-10(16)12(17)13(11)18/h1-5,19H,6H2. The molecule has 1 N–H and O–H groups in total. The van der Waals surface area contributed by atoms with E-state index < -0.39 is 17.5 Å². The van der Waals surface area contributed by atoms with Gasteiger partial charge in [-0.3, -0.25) is 0 Å². The Hall–Kier alpha value is -1.20. The summed E-state index contributed by atoms with van der Waals surface area (Å²) in [6.07, 6.45) is 0. The molecule has 100 valence electrons. The number of nitrogens with one attached hydrogen (secondary N) is 1. The van der Waals surface area contributed by atoms with Gasteiger partial charge in [-0.1, -0.05) is 27.5 Å². The Morgan fingerprint density at radius 1 is 1.05 bits per heavy atom. The Bertz CT molecular complexity index is 619. The highest BCUT2D eigenvalue weighted by Gasteiger charge is 2.13. The van der Waals surface area contributed by atoms with Crippen LogP contribution in [0.3, 0.4) is 0 Å². The quantitative estimate of drug-likeness (QED) is 0.757. The van der Waals surface area contributed by atoms with Gasteiger partial charge in [0, 0.05) is 16.0 Å². The molecule has 19 heavy (non-hydrogen) atoms. The molecular weight excluding hydrogens is 343 g/mol. The predicted molar refractivity (Wildman–Crippen MR) is 72.8 cm³/mol. The van der Waals surface area contributed by atoms with Crippen molar-refractivity contribution in [2.75, 3.05) is 5.32 Å². The molecule has 0 unspecified atom stereocenters. The fraction of sp³-hybridized carbons (Fsp3) is 0.0769. The molecule has 6 heteroatoms. The van der Waals surface area contributed by atoms with Crippen molar-refractivity contribution >= 4 is 33.2 Å². The minimum atomic E-state index is -1.50. The van der Waals surface area contributed by atoms with Gasteiger partial charge >= 0.3 is 0 Å². The molecule has 0 saturated heterocycles. The maximum atomic E-state index is 13.4. The molecule has 0 fully saturated rings. The van der Waals surface area contributed by atoms with Crippen LogP contribution >= 0.6 is 27.5 Å². The number of hydrogen-bond acceptors (Lipinski definition) is 1. The highest BCUT2D eigenvalue weighted by Crippen LogP contribution is 2.24. The van der Waals surface area contributed by atoms with Crippen LogP contribution in [0.25, 0.3) is 0 Å². The van der Waals surface area contributed by atoms with Gasteiger partial charge in [-0.25, -0.2) is 13.2 Å². The van der Waals surface area contributed by atoms with E-state index in [1.165, 1.54) is 0 Å². The lowest BCUT2D eigenvalue weighted by Crippen LogP contribution is -2.04. The van der Waals surface area contributed by atoms with Gasteiger partial charge in [-0.15, -0.1) is 0 Å². The second-order valence-corrected chi connectivity index (χ2v) is 5.14. The first kappa shape index (κ1) is 14.2. The third kappa shape index (κ3) is 3.22. The molecule has 0 saturated carbocycles. The van der Waals surface area contributed by atoms with Crippen molar-refractivity contribution in [3.05, 3.63) is 62.8 Å². The van der Waals surface area contributed by atoms with Crippen LogP contribution in [0, 0.1) is 17.5 Å². The third-order valence-corrected chi connectivity index (χ3v) is 3.37. The van der Waals surface area contributed by atoms with Crippen molar-refractivity contribution < 1.29 is 13.2 Å². The van der Waals surface area contributed by atoms with Crippen molar-refractivity contribution in [1.82, 2.24) is 0 Å². The van der Waals surface area contributed by atoms with Crippen molar-refractivity contribution in [3.63, 3.8) is 0 Å². The van der Waals surface area contributed by atoms with E-state index in [0.717, 1.165) is 16.6 Å². The Morgan fingerprint density at radius 2 is 1.79 bits per heavy atom. The molecule has 1 nitrogen and oxygen atoms in total. The number of benzene rings is 2. The first-order chi connectivity index (χ1) is 8.99. The van der Waals surface area contributed by atoms with Crippen LogP contribution < -0.4 is 5.32 Å². The molecule has 0 amide bonds. The summed E-state index contributed by atoms with van der Waals surface area (Å²) in [7, 11) is 0. The zero-order valence-corrected chi connectivity index (χ0v) is 11.8. The summed E-state index contributed by atoms with van der Waals surface area (Å²) in [5.41, 5.74) is 0.593. The van der Waals surface area contributed by atoms with Gasteiger partial charge in [0.25, 0.3) is 0 Å². The van der Waals surface area contributed by atoms with E-state index in [1.54, 1.807) is 18.2 Å². The maximum absolute atomic E-state index is 13.4. The normalized spacial score (nSPS) is 10.6. The lowest BCUT2D eigenvalue weighted by molar-refractivity contribution is 0.449. The predicted octanol–water partition coefficient (Wildman–Crippen LogP) is 5.13. The molecule has 0 spiro atoms. The number of halogens is 5. The van der Waals surface area contributed by atoms with E-state index >= 15 is 0 Å². The largest absolute Gasteiger partial charge is 0.378 e. The van der Waals surface area contributed by atoms with Crippen LogP contribution in [0.2, 0.25) is 5.02 Å². The summed E-state index contributed by atoms with van der Waals surface area (Å²) in [6.45, 7) is 0.195. The molecule has 0 aliphatic rings. The fourth-order valence-corrected chi connectivity index (χ4v) is 2.12. The molecule has 0 heterocycles. The molecule has 0 aliphatic heterocycles. The van der Waals surface area contributed by atoms with E-state index in [0.29, 0.717) is 10.6 Å². The molecule has 2 aromatic rings. The first-order valence-corrected chi connectivity index (χ1v) is 6.47. The van der Waals surface area contributed by atoms with Crippen LogP contribution in [-0.4, -0.2) is 0 Å². The molecule has 0 bridgehead atoms.